The van der Waals surface area contributed by atoms with Crippen LogP contribution in [0.1, 0.15) is 15.9 Å². The van der Waals surface area contributed by atoms with Crippen molar-refractivity contribution in [3.8, 4) is 0 Å². The van der Waals surface area contributed by atoms with Crippen molar-refractivity contribution in [3.63, 3.8) is 0 Å². The van der Waals surface area contributed by atoms with Gasteiger partial charge in [0, 0.05) is 21.7 Å². The highest BCUT2D eigenvalue weighted by Crippen LogP contribution is 2.28. The molecule has 0 aliphatic rings. The highest BCUT2D eigenvalue weighted by atomic mass is 32.2. The van der Waals surface area contributed by atoms with Gasteiger partial charge in [0.15, 0.2) is 0 Å². The summed E-state index contributed by atoms with van der Waals surface area (Å²) < 4.78 is 0. The molecule has 0 atom stereocenters. The van der Waals surface area contributed by atoms with E-state index >= 15 is 0 Å². The minimum atomic E-state index is -0.0810. The van der Waals surface area contributed by atoms with Crippen LogP contribution in [-0.2, 0) is 5.75 Å². The zero-order chi connectivity index (χ0) is 18.5. The second kappa shape index (κ2) is 8.11. The summed E-state index contributed by atoms with van der Waals surface area (Å²) in [6.07, 6.45) is 0. The Kier molecular flexibility index (Phi) is 5.22. The average Bonchev–Trinajstić information content (AvgIpc) is 2.73. The molecule has 4 rings (SSSR count). The van der Waals surface area contributed by atoms with Gasteiger partial charge in [0.1, 0.15) is 0 Å². The van der Waals surface area contributed by atoms with Crippen molar-refractivity contribution in [1.29, 1.82) is 0 Å². The van der Waals surface area contributed by atoms with Crippen LogP contribution in [0.3, 0.4) is 0 Å². The molecule has 0 aromatic heterocycles. The van der Waals surface area contributed by atoms with Gasteiger partial charge in [-0.1, -0.05) is 78.9 Å². The third kappa shape index (κ3) is 4.04. The Hall–Kier alpha value is -3.04. The minimum Gasteiger partial charge on any atom is -0.321 e. The van der Waals surface area contributed by atoms with Gasteiger partial charge in [-0.05, 0) is 29.1 Å². The van der Waals surface area contributed by atoms with Gasteiger partial charge in [0.05, 0.1) is 5.56 Å². The molecule has 0 radical (unpaired) electrons. The van der Waals surface area contributed by atoms with E-state index in [1.807, 2.05) is 72.8 Å². The van der Waals surface area contributed by atoms with Gasteiger partial charge in [0.25, 0.3) is 5.91 Å². The zero-order valence-corrected chi connectivity index (χ0v) is 15.6. The lowest BCUT2D eigenvalue weighted by atomic mass is 10.1. The Bertz CT molecular complexity index is 1070. The number of thioether (sulfide) groups is 1. The molecular formula is C24H19NOS. The van der Waals surface area contributed by atoms with Gasteiger partial charge >= 0.3 is 0 Å². The van der Waals surface area contributed by atoms with E-state index in [0.717, 1.165) is 27.1 Å². The number of benzene rings is 4. The molecule has 0 spiro atoms. The third-order valence-electron chi connectivity index (χ3n) is 4.41. The number of amides is 1. The fourth-order valence-corrected chi connectivity index (χ4v) is 4.05. The Morgan fingerprint density at radius 1 is 0.741 bits per heavy atom. The number of fused-ring (bicyclic) bond motifs is 1. The van der Waals surface area contributed by atoms with Crippen LogP contribution in [-0.4, -0.2) is 5.91 Å². The summed E-state index contributed by atoms with van der Waals surface area (Å²) in [7, 11) is 0. The van der Waals surface area contributed by atoms with Crippen molar-refractivity contribution in [2.24, 2.45) is 0 Å². The van der Waals surface area contributed by atoms with Gasteiger partial charge in [-0.15, -0.1) is 11.8 Å². The summed E-state index contributed by atoms with van der Waals surface area (Å²) in [4.78, 5) is 14.0. The molecule has 132 valence electrons. The Morgan fingerprint density at radius 3 is 2.33 bits per heavy atom. The standard InChI is InChI=1S/C24H19NOS/c26-24(25-22-15-8-12-19-11-4-5-13-20(19)22)21-14-6-7-16-23(21)27-17-18-9-2-1-3-10-18/h1-16H,17H2,(H,25,26). The largest absolute Gasteiger partial charge is 0.321 e. The van der Waals surface area contributed by atoms with E-state index in [0.29, 0.717) is 5.56 Å². The van der Waals surface area contributed by atoms with Crippen LogP contribution in [0, 0.1) is 0 Å². The van der Waals surface area contributed by atoms with Gasteiger partial charge in [-0.3, -0.25) is 4.79 Å². The molecule has 3 heteroatoms. The molecule has 0 aliphatic heterocycles. The van der Waals surface area contributed by atoms with Gasteiger partial charge in [-0.2, -0.15) is 0 Å². The lowest BCUT2D eigenvalue weighted by Crippen LogP contribution is -2.13. The number of anilines is 1. The average molecular weight is 369 g/mol. The maximum Gasteiger partial charge on any atom is 0.256 e. The fraction of sp³-hybridized carbons (Fsp3) is 0.0417. The first-order valence-electron chi connectivity index (χ1n) is 8.86. The highest BCUT2D eigenvalue weighted by molar-refractivity contribution is 7.98. The predicted octanol–water partition coefficient (Wildman–Crippen LogP) is 6.38. The van der Waals surface area contributed by atoms with Crippen LogP contribution in [0.4, 0.5) is 5.69 Å². The van der Waals surface area contributed by atoms with Crippen LogP contribution in [0.2, 0.25) is 0 Å². The number of rotatable bonds is 5. The van der Waals surface area contributed by atoms with Crippen LogP contribution >= 0.6 is 11.8 Å². The summed E-state index contributed by atoms with van der Waals surface area (Å²) in [6.45, 7) is 0. The number of hydrogen-bond donors (Lipinski definition) is 1. The minimum absolute atomic E-state index is 0.0810. The lowest BCUT2D eigenvalue weighted by Gasteiger charge is -2.12. The molecule has 0 saturated heterocycles. The van der Waals surface area contributed by atoms with Crippen molar-refractivity contribution in [3.05, 3.63) is 108 Å². The molecule has 0 bridgehead atoms. The summed E-state index contributed by atoms with van der Waals surface area (Å²) in [5.74, 6) is 0.752. The second-order valence-corrected chi connectivity index (χ2v) is 7.27. The molecule has 0 heterocycles. The second-order valence-electron chi connectivity index (χ2n) is 6.25. The molecule has 2 nitrogen and oxygen atoms in total. The van der Waals surface area contributed by atoms with Gasteiger partial charge < -0.3 is 5.32 Å². The van der Waals surface area contributed by atoms with Crippen molar-refractivity contribution in [1.82, 2.24) is 0 Å². The zero-order valence-electron chi connectivity index (χ0n) is 14.8. The van der Waals surface area contributed by atoms with Crippen LogP contribution in [0.15, 0.2) is 102 Å². The molecule has 0 fully saturated rings. The molecule has 4 aromatic rings. The van der Waals surface area contributed by atoms with Gasteiger partial charge in [-0.25, -0.2) is 0 Å². The number of hydrogen-bond acceptors (Lipinski definition) is 2. The van der Waals surface area contributed by atoms with E-state index in [9.17, 15) is 4.79 Å². The first kappa shape index (κ1) is 17.4. The van der Waals surface area contributed by atoms with Crippen LogP contribution < -0.4 is 5.32 Å². The lowest BCUT2D eigenvalue weighted by molar-refractivity contribution is 0.102. The maximum absolute atomic E-state index is 13.0. The summed E-state index contributed by atoms with van der Waals surface area (Å²) >= 11 is 1.68. The van der Waals surface area contributed by atoms with Crippen LogP contribution in [0.25, 0.3) is 10.8 Å². The van der Waals surface area contributed by atoms with E-state index in [2.05, 4.69) is 29.6 Å². The number of carbonyl (C=O) groups excluding carboxylic acids is 1. The molecule has 0 aliphatic carbocycles. The molecule has 27 heavy (non-hydrogen) atoms. The van der Waals surface area contributed by atoms with Crippen molar-refractivity contribution >= 4 is 34.1 Å². The third-order valence-corrected chi connectivity index (χ3v) is 5.55. The number of nitrogens with one attached hydrogen (secondary N) is 1. The Balaban J connectivity index is 1.57. The number of carbonyl (C=O) groups is 1. The van der Waals surface area contributed by atoms with E-state index in [1.165, 1.54) is 5.56 Å². The summed E-state index contributed by atoms with van der Waals surface area (Å²) in [6, 6.07) is 32.1. The van der Waals surface area contributed by atoms with Gasteiger partial charge in [0.2, 0.25) is 0 Å². The monoisotopic (exact) mass is 369 g/mol. The summed E-state index contributed by atoms with van der Waals surface area (Å²) in [5.41, 5.74) is 2.78. The topological polar surface area (TPSA) is 29.1 Å². The smallest absolute Gasteiger partial charge is 0.256 e. The van der Waals surface area contributed by atoms with Crippen molar-refractivity contribution in [2.75, 3.05) is 5.32 Å². The van der Waals surface area contributed by atoms with E-state index in [-0.39, 0.29) is 5.91 Å². The Labute approximate surface area is 163 Å². The van der Waals surface area contributed by atoms with Crippen LogP contribution in [0.5, 0.6) is 0 Å². The highest BCUT2D eigenvalue weighted by Gasteiger charge is 2.13. The normalized spacial score (nSPS) is 10.7. The maximum atomic E-state index is 13.0. The molecule has 1 amide bonds. The first-order chi connectivity index (χ1) is 13.3. The first-order valence-corrected chi connectivity index (χ1v) is 9.85. The molecule has 4 aromatic carbocycles. The predicted molar refractivity (Wildman–Crippen MR) is 114 cm³/mol. The van der Waals surface area contributed by atoms with E-state index in [1.54, 1.807) is 11.8 Å². The SMILES string of the molecule is O=C(Nc1cccc2ccccc12)c1ccccc1SCc1ccccc1. The Morgan fingerprint density at radius 2 is 1.44 bits per heavy atom. The fourth-order valence-electron chi connectivity index (χ4n) is 3.04. The quantitative estimate of drug-likeness (QED) is 0.413. The molecule has 0 saturated carbocycles. The molecule has 0 unspecified atom stereocenters. The van der Waals surface area contributed by atoms with E-state index in [4.69, 9.17) is 0 Å². The summed E-state index contributed by atoms with van der Waals surface area (Å²) in [5, 5.41) is 5.24. The van der Waals surface area contributed by atoms with E-state index < -0.39 is 0 Å². The van der Waals surface area contributed by atoms with Crippen molar-refractivity contribution in [2.45, 2.75) is 10.6 Å². The molecule has 1 N–H and O–H groups in total. The van der Waals surface area contributed by atoms with Crippen molar-refractivity contribution < 1.29 is 4.79 Å². The molecular weight excluding hydrogens is 350 g/mol.